The third-order valence-electron chi connectivity index (χ3n) is 6.17. The number of nitrogens with one attached hydrogen (secondary N) is 1. The van der Waals surface area contributed by atoms with Gasteiger partial charge in [-0.1, -0.05) is 58.8 Å². The molecule has 0 bridgehead atoms. The van der Waals surface area contributed by atoms with Gasteiger partial charge in [0.2, 0.25) is 0 Å². The van der Waals surface area contributed by atoms with Gasteiger partial charge in [-0.2, -0.15) is 0 Å². The zero-order chi connectivity index (χ0) is 15.5. The molecule has 3 heteroatoms. The topological polar surface area (TPSA) is 18.3 Å². The van der Waals surface area contributed by atoms with Crippen molar-refractivity contribution < 1.29 is 4.58 Å². The van der Waals surface area contributed by atoms with E-state index in [-0.39, 0.29) is 0 Å². The Morgan fingerprint density at radius 2 is 1.95 bits per heavy atom. The summed E-state index contributed by atoms with van der Waals surface area (Å²) in [5, 5.41) is 3.66. The molecule has 1 saturated carbocycles. The highest BCUT2D eigenvalue weighted by Crippen LogP contribution is 2.28. The fourth-order valence-electron chi connectivity index (χ4n) is 4.68. The Morgan fingerprint density at radius 1 is 1.18 bits per heavy atom. The molecule has 126 valence electrons. The Balaban J connectivity index is 1.51. The molecule has 0 radical (unpaired) electrons. The van der Waals surface area contributed by atoms with Gasteiger partial charge >= 0.3 is 5.96 Å². The van der Waals surface area contributed by atoms with Crippen LogP contribution in [0, 0.1) is 11.8 Å². The van der Waals surface area contributed by atoms with E-state index in [1.807, 2.05) is 0 Å². The molecule has 0 spiro atoms. The summed E-state index contributed by atoms with van der Waals surface area (Å²) >= 11 is 0. The van der Waals surface area contributed by atoms with E-state index in [2.05, 4.69) is 35.6 Å². The molecule has 1 aliphatic carbocycles. The van der Waals surface area contributed by atoms with Crippen molar-refractivity contribution in [3.8, 4) is 0 Å². The maximum atomic E-state index is 3.66. The summed E-state index contributed by atoms with van der Waals surface area (Å²) in [5.74, 6) is 3.22. The highest BCUT2D eigenvalue weighted by Gasteiger charge is 2.45. The Labute approximate surface area is 137 Å². The average molecular weight is 307 g/mol. The first-order valence-electron chi connectivity index (χ1n) is 9.81. The molecule has 2 atom stereocenters. The summed E-state index contributed by atoms with van der Waals surface area (Å²) in [6.45, 7) is 10.7. The van der Waals surface area contributed by atoms with Crippen LogP contribution in [0.25, 0.3) is 0 Å². The molecule has 2 heterocycles. The summed E-state index contributed by atoms with van der Waals surface area (Å²) in [5.41, 5.74) is 0. The van der Waals surface area contributed by atoms with E-state index in [9.17, 15) is 0 Å². The molecule has 3 rings (SSSR count). The molecule has 1 saturated heterocycles. The molecule has 1 N–H and O–H groups in total. The van der Waals surface area contributed by atoms with E-state index < -0.39 is 0 Å². The predicted octanol–water partition coefficient (Wildman–Crippen LogP) is 3.44. The third kappa shape index (κ3) is 3.44. The maximum Gasteiger partial charge on any atom is 0.349 e. The maximum absolute atomic E-state index is 3.66. The Bertz CT molecular complexity index is 395. The molecule has 3 nitrogen and oxygen atoms in total. The van der Waals surface area contributed by atoms with Gasteiger partial charge in [0, 0.05) is 0 Å². The van der Waals surface area contributed by atoms with Crippen molar-refractivity contribution >= 4 is 5.96 Å². The standard InChI is InChI=1S/C19H35N3/c1-15(2)18-14-22-16(3)13-20-19(22)21(18)12-8-7-11-17-9-5-4-6-10-17/h15-18H,4-14H2,1-3H3/p+1. The number of nitrogens with zero attached hydrogens (tertiary/aromatic N) is 2. The summed E-state index contributed by atoms with van der Waals surface area (Å²) in [4.78, 5) is 2.60. The van der Waals surface area contributed by atoms with E-state index in [4.69, 9.17) is 0 Å². The lowest BCUT2D eigenvalue weighted by Crippen LogP contribution is -2.36. The molecule has 0 amide bonds. The number of unbranched alkanes of at least 4 members (excludes halogenated alkanes) is 1. The lowest BCUT2D eigenvalue weighted by Gasteiger charge is -2.22. The van der Waals surface area contributed by atoms with Gasteiger partial charge in [0.25, 0.3) is 0 Å². The van der Waals surface area contributed by atoms with Crippen molar-refractivity contribution in [3.05, 3.63) is 0 Å². The fourth-order valence-corrected chi connectivity index (χ4v) is 4.68. The second kappa shape index (κ2) is 7.23. The van der Waals surface area contributed by atoms with E-state index in [0.29, 0.717) is 12.1 Å². The fraction of sp³-hybridized carbons (Fsp3) is 0.947. The summed E-state index contributed by atoms with van der Waals surface area (Å²) in [6.07, 6.45) is 11.7. The zero-order valence-electron chi connectivity index (χ0n) is 15.0. The van der Waals surface area contributed by atoms with Gasteiger partial charge < -0.3 is 0 Å². The Morgan fingerprint density at radius 3 is 2.68 bits per heavy atom. The van der Waals surface area contributed by atoms with Crippen LogP contribution in [-0.4, -0.2) is 47.2 Å². The zero-order valence-corrected chi connectivity index (χ0v) is 15.0. The molecule has 0 aromatic carbocycles. The highest BCUT2D eigenvalue weighted by molar-refractivity contribution is 5.78. The van der Waals surface area contributed by atoms with Gasteiger partial charge in [-0.25, -0.2) is 0 Å². The van der Waals surface area contributed by atoms with Gasteiger partial charge in [-0.05, 0) is 25.2 Å². The van der Waals surface area contributed by atoms with Gasteiger partial charge in [0.15, 0.2) is 0 Å². The largest absolute Gasteiger partial charge is 0.349 e. The number of rotatable bonds is 6. The molecule has 3 aliphatic rings. The van der Waals surface area contributed by atoms with Crippen molar-refractivity contribution in [1.29, 1.82) is 0 Å². The van der Waals surface area contributed by atoms with Gasteiger partial charge in [-0.3, -0.25) is 14.8 Å². The average Bonchev–Trinajstić information content (AvgIpc) is 3.05. The van der Waals surface area contributed by atoms with Crippen LogP contribution in [0.1, 0.15) is 72.1 Å². The summed E-state index contributed by atoms with van der Waals surface area (Å²) in [6, 6.07) is 1.38. The lowest BCUT2D eigenvalue weighted by molar-refractivity contribution is -0.565. The van der Waals surface area contributed by atoms with Crippen LogP contribution in [0.3, 0.4) is 0 Å². The summed E-state index contributed by atoms with van der Waals surface area (Å²) < 4.78 is 2.69. The molecule has 2 unspecified atom stereocenters. The van der Waals surface area contributed by atoms with Crippen LogP contribution in [0.2, 0.25) is 0 Å². The molecule has 2 aliphatic heterocycles. The number of hydrogen-bond donors (Lipinski definition) is 1. The number of hydrogen-bond acceptors (Lipinski definition) is 2. The van der Waals surface area contributed by atoms with Crippen molar-refractivity contribution in [2.45, 2.75) is 84.2 Å². The minimum Gasteiger partial charge on any atom is -0.274 e. The van der Waals surface area contributed by atoms with Gasteiger partial charge in [0.05, 0.1) is 13.1 Å². The molecular formula is C19H36N3+. The smallest absolute Gasteiger partial charge is 0.274 e. The van der Waals surface area contributed by atoms with Gasteiger partial charge in [-0.15, -0.1) is 0 Å². The summed E-state index contributed by atoms with van der Waals surface area (Å²) in [7, 11) is 0. The third-order valence-corrected chi connectivity index (χ3v) is 6.17. The monoisotopic (exact) mass is 306 g/mol. The van der Waals surface area contributed by atoms with Crippen LogP contribution in [0.5, 0.6) is 0 Å². The second-order valence-corrected chi connectivity index (χ2v) is 8.21. The van der Waals surface area contributed by atoms with Crippen molar-refractivity contribution in [3.63, 3.8) is 0 Å². The predicted molar refractivity (Wildman–Crippen MR) is 93.4 cm³/mol. The van der Waals surface area contributed by atoms with Crippen LogP contribution in [0.15, 0.2) is 0 Å². The molecule has 22 heavy (non-hydrogen) atoms. The minimum absolute atomic E-state index is 0.670. The Kier molecular flexibility index (Phi) is 5.30. The SMILES string of the molecule is CC(C)C1CN2C(=[N+]1CCCCC1CCCCC1)NCC2C. The number of guanidine groups is 1. The van der Waals surface area contributed by atoms with Crippen LogP contribution in [0.4, 0.5) is 0 Å². The van der Waals surface area contributed by atoms with Gasteiger partial charge in [0.1, 0.15) is 18.6 Å². The molecule has 0 aromatic rings. The Hall–Kier alpha value is -0.730. The second-order valence-electron chi connectivity index (χ2n) is 8.21. The quantitative estimate of drug-likeness (QED) is 0.598. The lowest BCUT2D eigenvalue weighted by atomic mass is 9.86. The first-order valence-corrected chi connectivity index (χ1v) is 9.81. The van der Waals surface area contributed by atoms with E-state index in [1.54, 1.807) is 0 Å². The van der Waals surface area contributed by atoms with E-state index >= 15 is 0 Å². The van der Waals surface area contributed by atoms with Crippen LogP contribution < -0.4 is 5.32 Å². The molecular weight excluding hydrogens is 270 g/mol. The van der Waals surface area contributed by atoms with Crippen molar-refractivity contribution in [1.82, 2.24) is 10.2 Å². The first-order chi connectivity index (χ1) is 10.7. The van der Waals surface area contributed by atoms with Crippen molar-refractivity contribution in [2.24, 2.45) is 11.8 Å². The van der Waals surface area contributed by atoms with Crippen LogP contribution in [-0.2, 0) is 0 Å². The normalized spacial score (nSPS) is 29.4. The molecule has 0 aromatic heterocycles. The first kappa shape index (κ1) is 16.1. The van der Waals surface area contributed by atoms with Crippen LogP contribution >= 0.6 is 0 Å². The van der Waals surface area contributed by atoms with E-state index in [0.717, 1.165) is 18.4 Å². The number of fused-ring (bicyclic) bond motifs is 1. The molecule has 2 fully saturated rings. The van der Waals surface area contributed by atoms with E-state index in [1.165, 1.54) is 70.4 Å². The highest BCUT2D eigenvalue weighted by atomic mass is 15.5. The minimum atomic E-state index is 0.670. The van der Waals surface area contributed by atoms with Crippen molar-refractivity contribution in [2.75, 3.05) is 19.6 Å².